The van der Waals surface area contributed by atoms with Gasteiger partial charge in [-0.15, -0.1) is 0 Å². The van der Waals surface area contributed by atoms with Gasteiger partial charge in [0.25, 0.3) is 0 Å². The number of likely N-dealkylation sites (N-methyl/N-ethyl adjacent to an activating group) is 1. The van der Waals surface area contributed by atoms with Crippen LogP contribution in [0.1, 0.15) is 40.2 Å². The number of hydrogen-bond acceptors (Lipinski definition) is 3. The third kappa shape index (κ3) is 6.68. The first-order valence-electron chi connectivity index (χ1n) is 7.75. The van der Waals surface area contributed by atoms with Gasteiger partial charge in [0.1, 0.15) is 12.4 Å². The number of nitrogens with one attached hydrogen (secondary N) is 1. The molecule has 1 rings (SSSR count). The van der Waals surface area contributed by atoms with Gasteiger partial charge in [0.15, 0.2) is 0 Å². The van der Waals surface area contributed by atoms with Gasteiger partial charge in [0.2, 0.25) is 0 Å². The van der Waals surface area contributed by atoms with Crippen LogP contribution in [0, 0.1) is 0 Å². The van der Waals surface area contributed by atoms with Crippen LogP contribution in [-0.2, 0) is 6.54 Å². The molecule has 0 saturated carbocycles. The van der Waals surface area contributed by atoms with E-state index in [0.29, 0.717) is 13.2 Å². The Morgan fingerprint density at radius 2 is 1.86 bits per heavy atom. The maximum atomic E-state index is 6.32. The molecule has 0 bridgehead atoms. The molecule has 0 fully saturated rings. The van der Waals surface area contributed by atoms with Crippen molar-refractivity contribution in [1.82, 2.24) is 10.2 Å². The normalized spacial score (nSPS) is 12.0. The fourth-order valence-corrected chi connectivity index (χ4v) is 2.26. The molecule has 4 heteroatoms. The lowest BCUT2D eigenvalue weighted by Gasteiger charge is -2.23. The molecule has 0 aliphatic heterocycles. The molecule has 1 aromatic rings. The molecule has 0 saturated heterocycles. The van der Waals surface area contributed by atoms with Crippen molar-refractivity contribution in [3.63, 3.8) is 0 Å². The SMILES string of the molecule is CCN(CC)CCOc1cccc(Cl)c1CNC(C)(C)C. The van der Waals surface area contributed by atoms with Gasteiger partial charge in [-0.05, 0) is 46.0 Å². The molecular formula is C17H29ClN2O. The minimum atomic E-state index is 0.0532. The number of benzene rings is 1. The fraction of sp³-hybridized carbons (Fsp3) is 0.647. The highest BCUT2D eigenvalue weighted by atomic mass is 35.5. The largest absolute Gasteiger partial charge is 0.492 e. The van der Waals surface area contributed by atoms with Crippen LogP contribution >= 0.6 is 11.6 Å². The third-order valence-corrected chi connectivity index (χ3v) is 3.78. The van der Waals surface area contributed by atoms with E-state index < -0.39 is 0 Å². The lowest BCUT2D eigenvalue weighted by atomic mass is 10.1. The summed E-state index contributed by atoms with van der Waals surface area (Å²) < 4.78 is 5.95. The van der Waals surface area contributed by atoms with Gasteiger partial charge in [-0.3, -0.25) is 0 Å². The predicted octanol–water partition coefficient (Wildman–Crippen LogP) is 3.95. The zero-order valence-corrected chi connectivity index (χ0v) is 14.8. The standard InChI is InChI=1S/C17H29ClN2O/c1-6-20(7-2)11-12-21-16-10-8-9-15(18)14(16)13-19-17(3,4)5/h8-10,19H,6-7,11-13H2,1-5H3. The average Bonchev–Trinajstić information content (AvgIpc) is 2.41. The van der Waals surface area contributed by atoms with Crippen LogP contribution in [0.2, 0.25) is 5.02 Å². The van der Waals surface area contributed by atoms with E-state index in [0.717, 1.165) is 36.0 Å². The molecule has 0 amide bonds. The summed E-state index contributed by atoms with van der Waals surface area (Å²) in [6, 6.07) is 5.85. The lowest BCUT2D eigenvalue weighted by Crippen LogP contribution is -2.35. The summed E-state index contributed by atoms with van der Waals surface area (Å²) >= 11 is 6.32. The van der Waals surface area contributed by atoms with Crippen molar-refractivity contribution in [2.24, 2.45) is 0 Å². The van der Waals surface area contributed by atoms with Crippen molar-refractivity contribution in [1.29, 1.82) is 0 Å². The van der Waals surface area contributed by atoms with Crippen molar-refractivity contribution in [3.05, 3.63) is 28.8 Å². The minimum absolute atomic E-state index is 0.0532. The minimum Gasteiger partial charge on any atom is -0.492 e. The van der Waals surface area contributed by atoms with Crippen LogP contribution in [0.3, 0.4) is 0 Å². The average molecular weight is 313 g/mol. The Kier molecular flexibility index (Phi) is 7.50. The monoisotopic (exact) mass is 312 g/mol. The highest BCUT2D eigenvalue weighted by molar-refractivity contribution is 6.31. The number of halogens is 1. The quantitative estimate of drug-likeness (QED) is 0.786. The molecule has 1 aromatic carbocycles. The Morgan fingerprint density at radius 3 is 2.43 bits per heavy atom. The summed E-state index contributed by atoms with van der Waals surface area (Å²) in [4.78, 5) is 2.34. The zero-order valence-electron chi connectivity index (χ0n) is 14.0. The second-order valence-electron chi connectivity index (χ2n) is 6.20. The van der Waals surface area contributed by atoms with E-state index in [9.17, 15) is 0 Å². The van der Waals surface area contributed by atoms with Crippen molar-refractivity contribution >= 4 is 11.6 Å². The van der Waals surface area contributed by atoms with E-state index in [1.807, 2.05) is 18.2 Å². The van der Waals surface area contributed by atoms with Gasteiger partial charge >= 0.3 is 0 Å². The summed E-state index contributed by atoms with van der Waals surface area (Å²) in [6.07, 6.45) is 0. The van der Waals surface area contributed by atoms with E-state index in [-0.39, 0.29) is 5.54 Å². The van der Waals surface area contributed by atoms with E-state index >= 15 is 0 Å². The molecule has 0 atom stereocenters. The molecule has 0 aromatic heterocycles. The van der Waals surface area contributed by atoms with Crippen LogP contribution in [0.25, 0.3) is 0 Å². The van der Waals surface area contributed by atoms with Crippen molar-refractivity contribution in [3.8, 4) is 5.75 Å². The second-order valence-corrected chi connectivity index (χ2v) is 6.60. The lowest BCUT2D eigenvalue weighted by molar-refractivity contribution is 0.221. The highest BCUT2D eigenvalue weighted by Gasteiger charge is 2.13. The van der Waals surface area contributed by atoms with Crippen molar-refractivity contribution in [2.75, 3.05) is 26.2 Å². The Morgan fingerprint density at radius 1 is 1.19 bits per heavy atom. The molecule has 0 heterocycles. The molecule has 0 radical (unpaired) electrons. The van der Waals surface area contributed by atoms with E-state index in [1.165, 1.54) is 0 Å². The molecule has 120 valence electrons. The first-order valence-corrected chi connectivity index (χ1v) is 8.12. The van der Waals surface area contributed by atoms with Gasteiger partial charge < -0.3 is 15.0 Å². The fourth-order valence-electron chi connectivity index (χ4n) is 2.02. The van der Waals surface area contributed by atoms with Gasteiger partial charge in [0.05, 0.1) is 0 Å². The molecule has 0 spiro atoms. The third-order valence-electron chi connectivity index (χ3n) is 3.43. The van der Waals surface area contributed by atoms with Crippen LogP contribution in [0.4, 0.5) is 0 Å². The van der Waals surface area contributed by atoms with Crippen LogP contribution in [-0.4, -0.2) is 36.7 Å². The summed E-state index contributed by atoms with van der Waals surface area (Å²) in [7, 11) is 0. The Bertz CT molecular complexity index is 425. The molecule has 0 unspecified atom stereocenters. The zero-order chi connectivity index (χ0) is 15.9. The summed E-state index contributed by atoms with van der Waals surface area (Å²) in [6.45, 7) is 15.2. The highest BCUT2D eigenvalue weighted by Crippen LogP contribution is 2.27. The Labute approximate surface area is 134 Å². The van der Waals surface area contributed by atoms with Gasteiger partial charge in [-0.2, -0.15) is 0 Å². The van der Waals surface area contributed by atoms with Gasteiger partial charge in [0, 0.05) is 29.2 Å². The van der Waals surface area contributed by atoms with Crippen molar-refractivity contribution in [2.45, 2.75) is 46.7 Å². The Hall–Kier alpha value is -0.770. The number of nitrogens with zero attached hydrogens (tertiary/aromatic N) is 1. The maximum absolute atomic E-state index is 6.32. The summed E-state index contributed by atoms with van der Waals surface area (Å²) in [5.74, 6) is 0.881. The molecule has 0 aliphatic rings. The van der Waals surface area contributed by atoms with Gasteiger partial charge in [-0.1, -0.05) is 31.5 Å². The summed E-state index contributed by atoms with van der Waals surface area (Å²) in [5, 5.41) is 4.22. The van der Waals surface area contributed by atoms with E-state index in [1.54, 1.807) is 0 Å². The number of ether oxygens (including phenoxy) is 1. The molecule has 1 N–H and O–H groups in total. The molecule has 3 nitrogen and oxygen atoms in total. The van der Waals surface area contributed by atoms with E-state index in [4.69, 9.17) is 16.3 Å². The molecule has 0 aliphatic carbocycles. The predicted molar refractivity (Wildman–Crippen MR) is 91.3 cm³/mol. The topological polar surface area (TPSA) is 24.5 Å². The Balaban J connectivity index is 2.66. The second kappa shape index (κ2) is 8.62. The maximum Gasteiger partial charge on any atom is 0.125 e. The van der Waals surface area contributed by atoms with Crippen LogP contribution in [0.5, 0.6) is 5.75 Å². The van der Waals surface area contributed by atoms with E-state index in [2.05, 4.69) is 44.8 Å². The van der Waals surface area contributed by atoms with Crippen LogP contribution in [0.15, 0.2) is 18.2 Å². The van der Waals surface area contributed by atoms with Gasteiger partial charge in [-0.25, -0.2) is 0 Å². The number of hydrogen-bond donors (Lipinski definition) is 1. The first-order chi connectivity index (χ1) is 9.87. The van der Waals surface area contributed by atoms with Crippen molar-refractivity contribution < 1.29 is 4.74 Å². The smallest absolute Gasteiger partial charge is 0.125 e. The first kappa shape index (κ1) is 18.3. The molecule has 21 heavy (non-hydrogen) atoms. The van der Waals surface area contributed by atoms with Crippen LogP contribution < -0.4 is 10.1 Å². The number of rotatable bonds is 8. The summed E-state index contributed by atoms with van der Waals surface area (Å²) in [5.41, 5.74) is 1.09. The molecular weight excluding hydrogens is 284 g/mol.